The van der Waals surface area contributed by atoms with E-state index in [4.69, 9.17) is 4.74 Å². The Kier molecular flexibility index (Phi) is 4.19. The Hall–Kier alpha value is -2.18. The minimum Gasteiger partial charge on any atom is -0.453 e. The van der Waals surface area contributed by atoms with Crippen LogP contribution in [0.25, 0.3) is 0 Å². The number of rotatable bonds is 4. The highest BCUT2D eigenvalue weighted by molar-refractivity contribution is 7.89. The lowest BCUT2D eigenvalue weighted by molar-refractivity contribution is -0.148. The Labute approximate surface area is 141 Å². The van der Waals surface area contributed by atoms with Gasteiger partial charge in [0, 0.05) is 6.42 Å². The molecular weight excluding hydrogens is 326 g/mol. The average molecular weight is 345 g/mol. The van der Waals surface area contributed by atoms with Crippen LogP contribution in [0.15, 0.2) is 59.5 Å². The molecule has 2 aromatic rings. The summed E-state index contributed by atoms with van der Waals surface area (Å²) in [6, 6.07) is 14.9. The lowest BCUT2D eigenvalue weighted by atomic mass is 9.92. The summed E-state index contributed by atoms with van der Waals surface area (Å²) in [7, 11) is -3.78. The van der Waals surface area contributed by atoms with E-state index in [2.05, 4.69) is 4.72 Å². The number of carbonyl (C=O) groups excluding carboxylic acids is 1. The summed E-state index contributed by atoms with van der Waals surface area (Å²) in [5.74, 6) is -0.558. The Balaban J connectivity index is 1.81. The van der Waals surface area contributed by atoms with Crippen LogP contribution in [0.3, 0.4) is 0 Å². The molecule has 0 saturated carbocycles. The number of nitrogens with one attached hydrogen (secondary N) is 1. The first kappa shape index (κ1) is 16.7. The van der Waals surface area contributed by atoms with Gasteiger partial charge >= 0.3 is 5.97 Å². The van der Waals surface area contributed by atoms with Gasteiger partial charge in [0.25, 0.3) is 0 Å². The molecule has 1 heterocycles. The zero-order valence-electron chi connectivity index (χ0n) is 13.5. The third-order valence-corrected chi connectivity index (χ3v) is 5.70. The van der Waals surface area contributed by atoms with E-state index in [1.165, 1.54) is 12.1 Å². The normalized spacial score (nSPS) is 23.9. The molecule has 1 aliphatic rings. The summed E-state index contributed by atoms with van der Waals surface area (Å²) >= 11 is 0. The average Bonchev–Trinajstić information content (AvgIpc) is 2.83. The van der Waals surface area contributed by atoms with Crippen LogP contribution < -0.4 is 4.72 Å². The highest BCUT2D eigenvalue weighted by Crippen LogP contribution is 2.36. The molecule has 0 radical (unpaired) electrons. The number of hydrogen-bond acceptors (Lipinski definition) is 4. The molecule has 2 aromatic carbocycles. The fourth-order valence-electron chi connectivity index (χ4n) is 2.84. The number of benzene rings is 2. The summed E-state index contributed by atoms with van der Waals surface area (Å²) in [4.78, 5) is 12.3. The highest BCUT2D eigenvalue weighted by Gasteiger charge is 2.46. The number of ether oxygens (including phenoxy) is 1. The Morgan fingerprint density at radius 1 is 1.08 bits per heavy atom. The number of carbonyl (C=O) groups is 1. The molecule has 2 atom stereocenters. The van der Waals surface area contributed by atoms with Gasteiger partial charge in [-0.2, -0.15) is 4.72 Å². The summed E-state index contributed by atoms with van der Waals surface area (Å²) in [6.45, 7) is 3.67. The van der Waals surface area contributed by atoms with Gasteiger partial charge in [-0.1, -0.05) is 48.0 Å². The van der Waals surface area contributed by atoms with Gasteiger partial charge in [0.2, 0.25) is 10.0 Å². The van der Waals surface area contributed by atoms with E-state index in [1.807, 2.05) is 37.3 Å². The molecule has 1 aliphatic heterocycles. The van der Waals surface area contributed by atoms with Gasteiger partial charge in [-0.05, 0) is 31.5 Å². The van der Waals surface area contributed by atoms with E-state index in [0.717, 1.165) is 11.1 Å². The van der Waals surface area contributed by atoms with Crippen LogP contribution in [0, 0.1) is 6.92 Å². The molecule has 1 saturated heterocycles. The fourth-order valence-corrected chi connectivity index (χ4v) is 4.02. The van der Waals surface area contributed by atoms with Gasteiger partial charge in [0.15, 0.2) is 0 Å². The SMILES string of the molecule is Cc1ccc(S(=O)(=O)NC2CC(C)(c3ccccc3)OC2=O)cc1. The van der Waals surface area contributed by atoms with Gasteiger partial charge in [0.1, 0.15) is 11.6 Å². The number of cyclic esters (lactones) is 1. The summed E-state index contributed by atoms with van der Waals surface area (Å²) < 4.78 is 32.9. The topological polar surface area (TPSA) is 72.5 Å². The molecule has 0 aliphatic carbocycles. The molecule has 1 N–H and O–H groups in total. The largest absolute Gasteiger partial charge is 0.453 e. The molecule has 0 aromatic heterocycles. The number of esters is 1. The highest BCUT2D eigenvalue weighted by atomic mass is 32.2. The maximum absolute atomic E-state index is 12.5. The zero-order chi connectivity index (χ0) is 17.4. The van der Waals surface area contributed by atoms with Crippen molar-refractivity contribution in [2.24, 2.45) is 0 Å². The maximum Gasteiger partial charge on any atom is 0.325 e. The standard InChI is InChI=1S/C18H19NO4S/c1-13-8-10-15(11-9-13)24(21,22)19-16-12-18(2,23-17(16)20)14-6-4-3-5-7-14/h3-11,16,19H,12H2,1-2H3. The maximum atomic E-state index is 12.5. The van der Waals surface area contributed by atoms with Crippen molar-refractivity contribution in [3.05, 3.63) is 65.7 Å². The van der Waals surface area contributed by atoms with Crippen LogP contribution in [0.1, 0.15) is 24.5 Å². The van der Waals surface area contributed by atoms with Crippen LogP contribution in [-0.2, 0) is 25.2 Å². The van der Waals surface area contributed by atoms with E-state index in [9.17, 15) is 13.2 Å². The molecule has 126 valence electrons. The van der Waals surface area contributed by atoms with E-state index >= 15 is 0 Å². The van der Waals surface area contributed by atoms with Crippen LogP contribution in [-0.4, -0.2) is 20.4 Å². The van der Waals surface area contributed by atoms with Gasteiger partial charge < -0.3 is 4.74 Å². The molecule has 6 heteroatoms. The van der Waals surface area contributed by atoms with Crippen LogP contribution in [0.4, 0.5) is 0 Å². The van der Waals surface area contributed by atoms with Crippen LogP contribution in [0.5, 0.6) is 0 Å². The van der Waals surface area contributed by atoms with E-state index in [0.29, 0.717) is 0 Å². The van der Waals surface area contributed by atoms with Gasteiger partial charge in [-0.25, -0.2) is 8.42 Å². The van der Waals surface area contributed by atoms with E-state index in [-0.39, 0.29) is 11.3 Å². The monoisotopic (exact) mass is 345 g/mol. The van der Waals surface area contributed by atoms with Crippen molar-refractivity contribution < 1.29 is 17.9 Å². The lowest BCUT2D eigenvalue weighted by Gasteiger charge is -2.22. The third-order valence-electron chi connectivity index (χ3n) is 4.22. The molecule has 1 fully saturated rings. The van der Waals surface area contributed by atoms with E-state index < -0.39 is 27.6 Å². The predicted molar refractivity (Wildman–Crippen MR) is 89.8 cm³/mol. The molecule has 24 heavy (non-hydrogen) atoms. The molecular formula is C18H19NO4S. The van der Waals surface area contributed by atoms with Crippen molar-refractivity contribution in [3.8, 4) is 0 Å². The quantitative estimate of drug-likeness (QED) is 0.864. The van der Waals surface area contributed by atoms with Gasteiger partial charge in [-0.3, -0.25) is 4.79 Å². The first-order valence-corrected chi connectivity index (χ1v) is 9.16. The number of aryl methyl sites for hydroxylation is 1. The van der Waals surface area contributed by atoms with Crippen molar-refractivity contribution in [3.63, 3.8) is 0 Å². The van der Waals surface area contributed by atoms with Crippen molar-refractivity contribution >= 4 is 16.0 Å². The second-order valence-corrected chi connectivity index (χ2v) is 7.92. The van der Waals surface area contributed by atoms with Crippen LogP contribution in [0.2, 0.25) is 0 Å². The molecule has 0 bridgehead atoms. The molecule has 3 rings (SSSR count). The number of sulfonamides is 1. The Morgan fingerprint density at radius 2 is 1.71 bits per heavy atom. The second kappa shape index (κ2) is 6.03. The van der Waals surface area contributed by atoms with Gasteiger partial charge in [-0.15, -0.1) is 0 Å². The Bertz CT molecular complexity index is 846. The molecule has 0 amide bonds. The fraction of sp³-hybridized carbons (Fsp3) is 0.278. The second-order valence-electron chi connectivity index (χ2n) is 6.21. The summed E-state index contributed by atoms with van der Waals surface area (Å²) in [5, 5.41) is 0. The smallest absolute Gasteiger partial charge is 0.325 e. The molecule has 2 unspecified atom stereocenters. The first-order chi connectivity index (χ1) is 11.3. The van der Waals surface area contributed by atoms with Crippen molar-refractivity contribution in [1.29, 1.82) is 0 Å². The molecule has 5 nitrogen and oxygen atoms in total. The zero-order valence-corrected chi connectivity index (χ0v) is 14.3. The van der Waals surface area contributed by atoms with Crippen molar-refractivity contribution in [1.82, 2.24) is 4.72 Å². The van der Waals surface area contributed by atoms with Gasteiger partial charge in [0.05, 0.1) is 4.90 Å². The predicted octanol–water partition coefficient (Wildman–Crippen LogP) is 2.50. The van der Waals surface area contributed by atoms with Crippen molar-refractivity contribution in [2.45, 2.75) is 36.8 Å². The lowest BCUT2D eigenvalue weighted by Crippen LogP contribution is -2.38. The summed E-state index contributed by atoms with van der Waals surface area (Å²) in [5.41, 5.74) is 0.972. The minimum atomic E-state index is -3.78. The minimum absolute atomic E-state index is 0.134. The van der Waals surface area contributed by atoms with Crippen molar-refractivity contribution in [2.75, 3.05) is 0 Å². The molecule has 0 spiro atoms. The van der Waals surface area contributed by atoms with Crippen LogP contribution >= 0.6 is 0 Å². The summed E-state index contributed by atoms with van der Waals surface area (Å²) in [6.07, 6.45) is 0.251. The number of hydrogen-bond donors (Lipinski definition) is 1. The third kappa shape index (κ3) is 3.20. The first-order valence-electron chi connectivity index (χ1n) is 7.68. The van der Waals surface area contributed by atoms with E-state index in [1.54, 1.807) is 19.1 Å². The Morgan fingerprint density at radius 3 is 2.33 bits per heavy atom.